The van der Waals surface area contributed by atoms with E-state index in [0.29, 0.717) is 12.1 Å². The fraction of sp³-hybridized carbons (Fsp3) is 0.476. The van der Waals surface area contributed by atoms with Crippen LogP contribution >= 0.6 is 0 Å². The maximum absolute atomic E-state index is 13.0. The topological polar surface area (TPSA) is 73.2 Å². The Morgan fingerprint density at radius 3 is 2.62 bits per heavy atom. The van der Waals surface area contributed by atoms with Crippen molar-refractivity contribution in [2.75, 3.05) is 11.4 Å². The van der Waals surface area contributed by atoms with E-state index in [2.05, 4.69) is 5.32 Å². The van der Waals surface area contributed by atoms with Crippen molar-refractivity contribution in [3.05, 3.63) is 35.4 Å². The molecule has 1 fully saturated rings. The van der Waals surface area contributed by atoms with Crippen LogP contribution in [0.15, 0.2) is 29.8 Å². The zero-order valence-corrected chi connectivity index (χ0v) is 15.4. The van der Waals surface area contributed by atoms with Crippen molar-refractivity contribution in [2.45, 2.75) is 52.0 Å². The molecule has 0 radical (unpaired) electrons. The van der Waals surface area contributed by atoms with Crippen molar-refractivity contribution < 1.29 is 9.59 Å². The van der Waals surface area contributed by atoms with Gasteiger partial charge < -0.3 is 10.2 Å². The highest BCUT2D eigenvalue weighted by Crippen LogP contribution is 2.38. The molecule has 0 unspecified atom stereocenters. The third-order valence-electron chi connectivity index (χ3n) is 5.00. The Hall–Kier alpha value is -2.61. The van der Waals surface area contributed by atoms with Crippen LogP contribution in [0.2, 0.25) is 0 Å². The molecule has 1 saturated carbocycles. The molecule has 0 atom stereocenters. The summed E-state index contributed by atoms with van der Waals surface area (Å²) in [5.74, 6) is -0.396. The summed E-state index contributed by atoms with van der Waals surface area (Å²) in [7, 11) is 0. The van der Waals surface area contributed by atoms with Crippen molar-refractivity contribution in [2.24, 2.45) is 5.92 Å². The first-order chi connectivity index (χ1) is 12.5. The summed E-state index contributed by atoms with van der Waals surface area (Å²) < 4.78 is 0. The van der Waals surface area contributed by atoms with Crippen molar-refractivity contribution >= 4 is 23.1 Å². The molecule has 0 aromatic heterocycles. The van der Waals surface area contributed by atoms with E-state index in [1.165, 1.54) is 6.42 Å². The Morgan fingerprint density at radius 1 is 1.27 bits per heavy atom. The van der Waals surface area contributed by atoms with Crippen LogP contribution in [0.3, 0.4) is 0 Å². The quantitative estimate of drug-likeness (QED) is 0.667. The molecule has 5 nitrogen and oxygen atoms in total. The average Bonchev–Trinajstić information content (AvgIpc) is 2.89. The molecular weight excluding hydrogens is 326 g/mol. The second kappa shape index (κ2) is 7.74. The Kier molecular flexibility index (Phi) is 5.41. The SMILES string of the molecule is CC(C)CN1C(=O)C(=C(C#N)C(=O)NC2CCCCC2)c2ccccc21. The van der Waals surface area contributed by atoms with Crippen LogP contribution in [0.5, 0.6) is 0 Å². The molecule has 1 aromatic carbocycles. The van der Waals surface area contributed by atoms with Gasteiger partial charge in [-0.3, -0.25) is 9.59 Å². The monoisotopic (exact) mass is 351 g/mol. The largest absolute Gasteiger partial charge is 0.349 e. The number of nitrogens with zero attached hydrogens (tertiary/aromatic N) is 2. The second-order valence-corrected chi connectivity index (χ2v) is 7.50. The van der Waals surface area contributed by atoms with Crippen molar-refractivity contribution in [1.82, 2.24) is 5.32 Å². The molecule has 136 valence electrons. The standard InChI is InChI=1S/C21H25N3O2/c1-14(2)13-24-18-11-7-6-10-16(18)19(21(24)26)17(12-22)20(25)23-15-8-4-3-5-9-15/h6-7,10-11,14-15H,3-5,8-9,13H2,1-2H3,(H,23,25). The number of nitriles is 1. The van der Waals surface area contributed by atoms with Crippen LogP contribution in [0.25, 0.3) is 5.57 Å². The summed E-state index contributed by atoms with van der Waals surface area (Å²) in [5, 5.41) is 12.6. The van der Waals surface area contributed by atoms with Crippen LogP contribution in [0.1, 0.15) is 51.5 Å². The molecule has 26 heavy (non-hydrogen) atoms. The van der Waals surface area contributed by atoms with Gasteiger partial charge in [-0.25, -0.2) is 0 Å². The smallest absolute Gasteiger partial charge is 0.263 e. The molecule has 0 spiro atoms. The number of fused-ring (bicyclic) bond motifs is 1. The van der Waals surface area contributed by atoms with Crippen LogP contribution < -0.4 is 10.2 Å². The zero-order chi connectivity index (χ0) is 18.7. The van der Waals surface area contributed by atoms with E-state index in [0.717, 1.165) is 31.4 Å². The van der Waals surface area contributed by atoms with Gasteiger partial charge in [-0.2, -0.15) is 5.26 Å². The van der Waals surface area contributed by atoms with Crippen molar-refractivity contribution in [3.63, 3.8) is 0 Å². The summed E-state index contributed by atoms with van der Waals surface area (Å²) in [5.41, 5.74) is 1.62. The van der Waals surface area contributed by atoms with Crippen molar-refractivity contribution in [3.8, 4) is 6.07 Å². The van der Waals surface area contributed by atoms with Gasteiger partial charge in [0.05, 0.1) is 11.3 Å². The molecule has 5 heteroatoms. The fourth-order valence-corrected chi connectivity index (χ4v) is 3.79. The van der Waals surface area contributed by atoms with Gasteiger partial charge in [-0.1, -0.05) is 51.3 Å². The number of para-hydroxylation sites is 1. The number of carbonyl (C=O) groups is 2. The maximum atomic E-state index is 13.0. The van der Waals surface area contributed by atoms with Crippen molar-refractivity contribution in [1.29, 1.82) is 5.26 Å². The van der Waals surface area contributed by atoms with E-state index >= 15 is 0 Å². The predicted octanol–water partition coefficient (Wildman–Crippen LogP) is 3.42. The highest BCUT2D eigenvalue weighted by Gasteiger charge is 2.36. The molecule has 0 saturated heterocycles. The molecule has 2 amide bonds. The minimum atomic E-state index is -0.427. The van der Waals surface area contributed by atoms with E-state index in [-0.39, 0.29) is 29.0 Å². The Morgan fingerprint density at radius 2 is 1.96 bits per heavy atom. The van der Waals surface area contributed by atoms with Gasteiger partial charge in [0.2, 0.25) is 0 Å². The Balaban J connectivity index is 1.97. The molecule has 3 rings (SSSR count). The highest BCUT2D eigenvalue weighted by molar-refractivity contribution is 6.37. The van der Waals surface area contributed by atoms with Gasteiger partial charge in [0, 0.05) is 18.2 Å². The summed E-state index contributed by atoms with van der Waals surface area (Å²) in [4.78, 5) is 27.5. The molecule has 0 bridgehead atoms. The minimum Gasteiger partial charge on any atom is -0.349 e. The lowest BCUT2D eigenvalue weighted by molar-refractivity contribution is -0.118. The molecule has 1 N–H and O–H groups in total. The summed E-state index contributed by atoms with van der Waals surface area (Å²) in [6.07, 6.45) is 5.24. The van der Waals surface area contributed by atoms with Crippen LogP contribution in [-0.2, 0) is 9.59 Å². The van der Waals surface area contributed by atoms with Gasteiger partial charge in [0.1, 0.15) is 11.6 Å². The first-order valence-electron chi connectivity index (χ1n) is 9.39. The lowest BCUT2D eigenvalue weighted by Crippen LogP contribution is -2.37. The molecule has 1 aliphatic heterocycles. The first kappa shape index (κ1) is 18.2. The Bertz CT molecular complexity index is 783. The van der Waals surface area contributed by atoms with E-state index in [1.807, 2.05) is 44.2 Å². The Labute approximate surface area is 154 Å². The maximum Gasteiger partial charge on any atom is 0.263 e. The van der Waals surface area contributed by atoms with E-state index in [9.17, 15) is 14.9 Å². The summed E-state index contributed by atoms with van der Waals surface area (Å²) in [6, 6.07) is 9.48. The lowest BCUT2D eigenvalue weighted by Gasteiger charge is -2.22. The lowest BCUT2D eigenvalue weighted by atomic mass is 9.94. The third kappa shape index (κ3) is 3.50. The van der Waals surface area contributed by atoms with E-state index < -0.39 is 5.91 Å². The summed E-state index contributed by atoms with van der Waals surface area (Å²) in [6.45, 7) is 4.64. The normalized spacial score (nSPS) is 19.3. The number of carbonyl (C=O) groups excluding carboxylic acids is 2. The molecular formula is C21H25N3O2. The molecule has 1 aliphatic carbocycles. The molecule has 2 aliphatic rings. The van der Waals surface area contributed by atoms with Crippen LogP contribution in [0.4, 0.5) is 5.69 Å². The fourth-order valence-electron chi connectivity index (χ4n) is 3.79. The van der Waals surface area contributed by atoms with Crippen LogP contribution in [0, 0.1) is 17.2 Å². The van der Waals surface area contributed by atoms with Gasteiger partial charge >= 0.3 is 0 Å². The van der Waals surface area contributed by atoms with Crippen LogP contribution in [-0.4, -0.2) is 24.4 Å². The number of amides is 2. The number of anilines is 1. The molecule has 1 heterocycles. The predicted molar refractivity (Wildman–Crippen MR) is 101 cm³/mol. The zero-order valence-electron chi connectivity index (χ0n) is 15.4. The second-order valence-electron chi connectivity index (χ2n) is 7.50. The van der Waals surface area contributed by atoms with Gasteiger partial charge in [-0.05, 0) is 24.8 Å². The van der Waals surface area contributed by atoms with E-state index in [1.54, 1.807) is 4.90 Å². The number of benzene rings is 1. The van der Waals surface area contributed by atoms with E-state index in [4.69, 9.17) is 0 Å². The number of hydrogen-bond donors (Lipinski definition) is 1. The van der Waals surface area contributed by atoms with Gasteiger partial charge in [0.15, 0.2) is 0 Å². The number of hydrogen-bond acceptors (Lipinski definition) is 3. The minimum absolute atomic E-state index is 0.0701. The molecule has 1 aromatic rings. The van der Waals surface area contributed by atoms with Gasteiger partial charge in [0.25, 0.3) is 11.8 Å². The first-order valence-corrected chi connectivity index (χ1v) is 9.39. The number of rotatable bonds is 4. The third-order valence-corrected chi connectivity index (χ3v) is 5.00. The summed E-state index contributed by atoms with van der Waals surface area (Å²) >= 11 is 0. The average molecular weight is 351 g/mol. The highest BCUT2D eigenvalue weighted by atomic mass is 16.2. The van der Waals surface area contributed by atoms with Gasteiger partial charge in [-0.15, -0.1) is 0 Å². The number of nitrogens with one attached hydrogen (secondary N) is 1.